The summed E-state index contributed by atoms with van der Waals surface area (Å²) in [6, 6.07) is 14.8. The molecule has 0 spiro atoms. The second-order valence-corrected chi connectivity index (χ2v) is 8.94. The van der Waals surface area contributed by atoms with Crippen LogP contribution in [0.4, 0.5) is 0 Å². The lowest BCUT2D eigenvalue weighted by atomic mass is 10.0. The largest absolute Gasteiger partial charge is 0.361 e. The number of aromatic amines is 2. The van der Waals surface area contributed by atoms with Crippen LogP contribution in [0.25, 0.3) is 22.3 Å². The van der Waals surface area contributed by atoms with E-state index in [0.29, 0.717) is 18.3 Å². The SMILES string of the molecule is Cc1ccc(-c2nc3c(c(=O)[nH]2)CCN(Cc2c[nH]c4cc(C(C)C)ccc24)C3)cc1. The molecule has 1 aliphatic heterocycles. The van der Waals surface area contributed by atoms with E-state index in [1.54, 1.807) is 0 Å². The quantitative estimate of drug-likeness (QED) is 0.501. The fraction of sp³-hybridized carbons (Fsp3) is 0.308. The van der Waals surface area contributed by atoms with Gasteiger partial charge in [-0.3, -0.25) is 9.69 Å². The monoisotopic (exact) mass is 412 g/mol. The van der Waals surface area contributed by atoms with Crippen molar-refractivity contribution < 1.29 is 0 Å². The van der Waals surface area contributed by atoms with E-state index in [2.05, 4.69) is 60.0 Å². The van der Waals surface area contributed by atoms with Gasteiger partial charge in [-0.25, -0.2) is 4.98 Å². The van der Waals surface area contributed by atoms with Crippen molar-refractivity contribution in [1.29, 1.82) is 0 Å². The Morgan fingerprint density at radius 3 is 2.71 bits per heavy atom. The van der Waals surface area contributed by atoms with E-state index in [9.17, 15) is 4.79 Å². The van der Waals surface area contributed by atoms with Gasteiger partial charge in [0.15, 0.2) is 0 Å². The highest BCUT2D eigenvalue weighted by Gasteiger charge is 2.22. The number of hydrogen-bond donors (Lipinski definition) is 2. The molecule has 0 saturated carbocycles. The average Bonchev–Trinajstić information content (AvgIpc) is 3.16. The summed E-state index contributed by atoms with van der Waals surface area (Å²) in [5, 5.41) is 1.27. The standard InChI is InChI=1S/C26H28N4O/c1-16(2)19-8-9-21-20(13-27-23(21)12-19)14-30-11-10-22-24(15-30)28-25(29-26(22)31)18-6-4-17(3)5-7-18/h4-9,12-13,16,27H,10-11,14-15H2,1-3H3,(H,28,29,31). The Labute approximate surface area is 182 Å². The Kier molecular flexibility index (Phi) is 4.98. The van der Waals surface area contributed by atoms with E-state index in [1.165, 1.54) is 27.6 Å². The Morgan fingerprint density at radius 1 is 1.13 bits per heavy atom. The van der Waals surface area contributed by atoms with Crippen molar-refractivity contribution in [3.63, 3.8) is 0 Å². The number of fused-ring (bicyclic) bond motifs is 2. The predicted molar refractivity (Wildman–Crippen MR) is 125 cm³/mol. The number of nitrogens with zero attached hydrogens (tertiary/aromatic N) is 2. The number of nitrogens with one attached hydrogen (secondary N) is 2. The van der Waals surface area contributed by atoms with E-state index in [0.717, 1.165) is 36.3 Å². The van der Waals surface area contributed by atoms with Gasteiger partial charge in [0.1, 0.15) is 5.82 Å². The fourth-order valence-electron chi connectivity index (χ4n) is 4.41. The molecule has 3 heterocycles. The number of H-pyrrole nitrogens is 2. The second kappa shape index (κ2) is 7.82. The highest BCUT2D eigenvalue weighted by Crippen LogP contribution is 2.26. The molecule has 0 amide bonds. The van der Waals surface area contributed by atoms with Gasteiger partial charge >= 0.3 is 0 Å². The molecule has 1 aliphatic rings. The molecule has 5 rings (SSSR count). The summed E-state index contributed by atoms with van der Waals surface area (Å²) in [6.45, 7) is 8.88. The average molecular weight is 413 g/mol. The molecule has 158 valence electrons. The lowest BCUT2D eigenvalue weighted by Gasteiger charge is -2.27. The maximum atomic E-state index is 12.7. The molecule has 0 fully saturated rings. The smallest absolute Gasteiger partial charge is 0.254 e. The molecule has 31 heavy (non-hydrogen) atoms. The molecule has 2 aromatic carbocycles. The molecule has 0 aliphatic carbocycles. The summed E-state index contributed by atoms with van der Waals surface area (Å²) in [5.74, 6) is 1.17. The molecule has 0 saturated heterocycles. The minimum absolute atomic E-state index is 0.00599. The van der Waals surface area contributed by atoms with Crippen LogP contribution in [0.1, 0.15) is 47.7 Å². The minimum Gasteiger partial charge on any atom is -0.361 e. The predicted octanol–water partition coefficient (Wildman–Crippen LogP) is 4.91. The van der Waals surface area contributed by atoms with Gasteiger partial charge in [0.25, 0.3) is 5.56 Å². The van der Waals surface area contributed by atoms with E-state index in [-0.39, 0.29) is 5.56 Å². The Morgan fingerprint density at radius 2 is 1.94 bits per heavy atom. The molecule has 4 aromatic rings. The molecule has 5 nitrogen and oxygen atoms in total. The van der Waals surface area contributed by atoms with Crippen LogP contribution in [0.5, 0.6) is 0 Å². The van der Waals surface area contributed by atoms with Crippen molar-refractivity contribution in [2.75, 3.05) is 6.54 Å². The molecular weight excluding hydrogens is 384 g/mol. The number of rotatable bonds is 4. The fourth-order valence-corrected chi connectivity index (χ4v) is 4.41. The van der Waals surface area contributed by atoms with Crippen molar-refractivity contribution in [3.8, 4) is 11.4 Å². The first kappa shape index (κ1) is 19.8. The highest BCUT2D eigenvalue weighted by molar-refractivity contribution is 5.83. The first-order valence-electron chi connectivity index (χ1n) is 11.0. The summed E-state index contributed by atoms with van der Waals surface area (Å²) in [7, 11) is 0. The topological polar surface area (TPSA) is 64.8 Å². The van der Waals surface area contributed by atoms with Gasteiger partial charge in [-0.05, 0) is 36.5 Å². The number of benzene rings is 2. The molecule has 0 atom stereocenters. The van der Waals surface area contributed by atoms with Crippen LogP contribution < -0.4 is 5.56 Å². The van der Waals surface area contributed by atoms with Crippen molar-refractivity contribution in [2.45, 2.75) is 46.2 Å². The van der Waals surface area contributed by atoms with Crippen molar-refractivity contribution in [3.05, 3.63) is 87.0 Å². The number of aryl methyl sites for hydroxylation is 1. The third-order valence-corrected chi connectivity index (χ3v) is 6.33. The summed E-state index contributed by atoms with van der Waals surface area (Å²) in [6.07, 6.45) is 2.85. The van der Waals surface area contributed by atoms with Crippen LogP contribution >= 0.6 is 0 Å². The maximum absolute atomic E-state index is 12.7. The summed E-state index contributed by atoms with van der Waals surface area (Å²) >= 11 is 0. The lowest BCUT2D eigenvalue weighted by Crippen LogP contribution is -2.35. The number of aromatic nitrogens is 3. The molecule has 0 bridgehead atoms. The van der Waals surface area contributed by atoms with Gasteiger partial charge in [0.05, 0.1) is 5.69 Å². The van der Waals surface area contributed by atoms with E-state index in [1.807, 2.05) is 24.3 Å². The molecule has 0 unspecified atom stereocenters. The van der Waals surface area contributed by atoms with Gasteiger partial charge in [0.2, 0.25) is 0 Å². The maximum Gasteiger partial charge on any atom is 0.254 e. The van der Waals surface area contributed by atoms with Crippen LogP contribution in [0.2, 0.25) is 0 Å². The summed E-state index contributed by atoms with van der Waals surface area (Å²) in [5.41, 5.74) is 7.68. The van der Waals surface area contributed by atoms with Gasteiger partial charge in [-0.15, -0.1) is 0 Å². The van der Waals surface area contributed by atoms with Crippen LogP contribution in [0.15, 0.2) is 53.5 Å². The van der Waals surface area contributed by atoms with Crippen molar-refractivity contribution >= 4 is 10.9 Å². The zero-order valence-electron chi connectivity index (χ0n) is 18.3. The second-order valence-electron chi connectivity index (χ2n) is 8.94. The molecule has 2 aromatic heterocycles. The van der Waals surface area contributed by atoms with Crippen LogP contribution in [-0.4, -0.2) is 26.4 Å². The van der Waals surface area contributed by atoms with Crippen LogP contribution in [0.3, 0.4) is 0 Å². The Hall–Kier alpha value is -3.18. The third-order valence-electron chi connectivity index (χ3n) is 6.33. The highest BCUT2D eigenvalue weighted by atomic mass is 16.1. The number of hydrogen-bond acceptors (Lipinski definition) is 3. The van der Waals surface area contributed by atoms with Gasteiger partial charge in [-0.2, -0.15) is 0 Å². The molecule has 2 N–H and O–H groups in total. The normalized spacial score (nSPS) is 14.3. The minimum atomic E-state index is -0.00599. The van der Waals surface area contributed by atoms with Gasteiger partial charge in [0, 0.05) is 47.9 Å². The van der Waals surface area contributed by atoms with E-state index < -0.39 is 0 Å². The van der Waals surface area contributed by atoms with Gasteiger partial charge in [-0.1, -0.05) is 55.8 Å². The van der Waals surface area contributed by atoms with Crippen LogP contribution in [-0.2, 0) is 19.5 Å². The first-order valence-corrected chi connectivity index (χ1v) is 11.0. The molecule has 5 heteroatoms. The third kappa shape index (κ3) is 3.81. The van der Waals surface area contributed by atoms with Crippen LogP contribution in [0, 0.1) is 6.92 Å². The zero-order valence-corrected chi connectivity index (χ0v) is 18.3. The Balaban J connectivity index is 1.41. The lowest BCUT2D eigenvalue weighted by molar-refractivity contribution is 0.241. The van der Waals surface area contributed by atoms with Crippen molar-refractivity contribution in [2.24, 2.45) is 0 Å². The van der Waals surface area contributed by atoms with E-state index in [4.69, 9.17) is 4.98 Å². The summed E-state index contributed by atoms with van der Waals surface area (Å²) < 4.78 is 0. The van der Waals surface area contributed by atoms with Crippen molar-refractivity contribution in [1.82, 2.24) is 19.9 Å². The first-order chi connectivity index (χ1) is 15.0. The molecular formula is C26H28N4O. The summed E-state index contributed by atoms with van der Waals surface area (Å²) in [4.78, 5) is 26.3. The Bertz CT molecular complexity index is 1300. The van der Waals surface area contributed by atoms with Gasteiger partial charge < -0.3 is 9.97 Å². The van der Waals surface area contributed by atoms with E-state index >= 15 is 0 Å². The zero-order chi connectivity index (χ0) is 21.5. The molecule has 0 radical (unpaired) electrons.